The van der Waals surface area contributed by atoms with Crippen molar-refractivity contribution in [3.05, 3.63) is 65.0 Å². The van der Waals surface area contributed by atoms with Gasteiger partial charge in [0.05, 0.1) is 0 Å². The average Bonchev–Trinajstić information content (AvgIpc) is 2.83. The minimum Gasteiger partial charge on any atom is -0.323 e. The topological polar surface area (TPSA) is 38.9 Å². The standard InChI is InChI=1S/C15H13FN2S/c16-12-3-4-14-11(7-12)8-15(19-14)13(17)6-10-2-1-5-18-9-10/h1-5,7-9,13H,6,17H2. The van der Waals surface area contributed by atoms with Gasteiger partial charge in [-0.25, -0.2) is 4.39 Å². The summed E-state index contributed by atoms with van der Waals surface area (Å²) in [6, 6.07) is 10.6. The third kappa shape index (κ3) is 2.64. The molecule has 0 aliphatic heterocycles. The Labute approximate surface area is 114 Å². The molecule has 2 heterocycles. The highest BCUT2D eigenvalue weighted by Crippen LogP contribution is 2.30. The minimum absolute atomic E-state index is 0.0790. The number of aromatic nitrogens is 1. The molecule has 3 aromatic rings. The summed E-state index contributed by atoms with van der Waals surface area (Å²) >= 11 is 1.62. The second-order valence-electron chi connectivity index (χ2n) is 4.50. The zero-order chi connectivity index (χ0) is 13.2. The Morgan fingerprint density at radius 1 is 1.26 bits per heavy atom. The van der Waals surface area contributed by atoms with Crippen molar-refractivity contribution in [3.63, 3.8) is 0 Å². The summed E-state index contributed by atoms with van der Waals surface area (Å²) in [5.41, 5.74) is 7.33. The maximum absolute atomic E-state index is 13.2. The van der Waals surface area contributed by atoms with Crippen LogP contribution in [-0.2, 0) is 6.42 Å². The third-order valence-corrected chi connectivity index (χ3v) is 4.29. The Morgan fingerprint density at radius 3 is 2.95 bits per heavy atom. The van der Waals surface area contributed by atoms with E-state index < -0.39 is 0 Å². The van der Waals surface area contributed by atoms with Crippen molar-refractivity contribution >= 4 is 21.4 Å². The highest BCUT2D eigenvalue weighted by molar-refractivity contribution is 7.19. The molecule has 0 aliphatic rings. The van der Waals surface area contributed by atoms with Crippen molar-refractivity contribution < 1.29 is 4.39 Å². The van der Waals surface area contributed by atoms with Crippen LogP contribution in [0.25, 0.3) is 10.1 Å². The molecule has 0 saturated carbocycles. The molecule has 1 atom stereocenters. The Morgan fingerprint density at radius 2 is 2.16 bits per heavy atom. The minimum atomic E-state index is -0.210. The van der Waals surface area contributed by atoms with Crippen LogP contribution in [0.5, 0.6) is 0 Å². The highest BCUT2D eigenvalue weighted by Gasteiger charge is 2.11. The zero-order valence-corrected chi connectivity index (χ0v) is 11.0. The van der Waals surface area contributed by atoms with Crippen molar-refractivity contribution in [2.45, 2.75) is 12.5 Å². The van der Waals surface area contributed by atoms with Gasteiger partial charge in [0, 0.05) is 28.0 Å². The van der Waals surface area contributed by atoms with E-state index in [0.717, 1.165) is 26.9 Å². The maximum atomic E-state index is 13.2. The van der Waals surface area contributed by atoms with Crippen molar-refractivity contribution in [1.82, 2.24) is 4.98 Å². The molecule has 4 heteroatoms. The molecule has 0 saturated heterocycles. The molecular formula is C15H13FN2S. The number of fused-ring (bicyclic) bond motifs is 1. The smallest absolute Gasteiger partial charge is 0.123 e. The number of benzene rings is 1. The summed E-state index contributed by atoms with van der Waals surface area (Å²) in [4.78, 5) is 5.16. The molecular weight excluding hydrogens is 259 g/mol. The molecule has 2 N–H and O–H groups in total. The van der Waals surface area contributed by atoms with E-state index in [1.54, 1.807) is 29.7 Å². The van der Waals surface area contributed by atoms with Crippen LogP contribution in [0.3, 0.4) is 0 Å². The van der Waals surface area contributed by atoms with Crippen molar-refractivity contribution in [2.24, 2.45) is 5.73 Å². The number of pyridine rings is 1. The van der Waals surface area contributed by atoms with Gasteiger partial charge in [-0.05, 0) is 47.7 Å². The van der Waals surface area contributed by atoms with E-state index in [9.17, 15) is 4.39 Å². The molecule has 0 fully saturated rings. The average molecular weight is 272 g/mol. The van der Waals surface area contributed by atoms with Crippen LogP contribution < -0.4 is 5.73 Å². The second-order valence-corrected chi connectivity index (χ2v) is 5.62. The number of halogens is 1. The van der Waals surface area contributed by atoms with Gasteiger partial charge in [-0.2, -0.15) is 0 Å². The Hall–Kier alpha value is -1.78. The fourth-order valence-electron chi connectivity index (χ4n) is 2.09. The molecule has 0 amide bonds. The second kappa shape index (κ2) is 5.07. The molecule has 0 bridgehead atoms. The van der Waals surface area contributed by atoms with Crippen LogP contribution in [0.2, 0.25) is 0 Å². The SMILES string of the molecule is NC(Cc1cccnc1)c1cc2cc(F)ccc2s1. The lowest BCUT2D eigenvalue weighted by Crippen LogP contribution is -2.11. The fraction of sp³-hybridized carbons (Fsp3) is 0.133. The van der Waals surface area contributed by atoms with E-state index in [4.69, 9.17) is 5.73 Å². The van der Waals surface area contributed by atoms with Crippen molar-refractivity contribution in [3.8, 4) is 0 Å². The Bertz CT molecular complexity index is 694. The van der Waals surface area contributed by atoms with Gasteiger partial charge in [0.25, 0.3) is 0 Å². The first-order valence-corrected chi connectivity index (χ1v) is 6.87. The van der Waals surface area contributed by atoms with Gasteiger partial charge in [-0.3, -0.25) is 4.98 Å². The van der Waals surface area contributed by atoms with Crippen LogP contribution in [0.1, 0.15) is 16.5 Å². The number of hydrogen-bond donors (Lipinski definition) is 1. The summed E-state index contributed by atoms with van der Waals surface area (Å²) in [7, 11) is 0. The van der Waals surface area contributed by atoms with E-state index in [1.165, 1.54) is 6.07 Å². The van der Waals surface area contributed by atoms with E-state index in [-0.39, 0.29) is 11.9 Å². The predicted molar refractivity (Wildman–Crippen MR) is 76.7 cm³/mol. The van der Waals surface area contributed by atoms with Crippen LogP contribution in [-0.4, -0.2) is 4.98 Å². The number of thiophene rings is 1. The van der Waals surface area contributed by atoms with Crippen LogP contribution in [0.15, 0.2) is 48.8 Å². The number of nitrogens with zero attached hydrogens (tertiary/aromatic N) is 1. The molecule has 1 aromatic carbocycles. The summed E-state index contributed by atoms with van der Waals surface area (Å²) in [5.74, 6) is -0.210. The first-order chi connectivity index (χ1) is 9.22. The maximum Gasteiger partial charge on any atom is 0.123 e. The van der Waals surface area contributed by atoms with Gasteiger partial charge < -0.3 is 5.73 Å². The first kappa shape index (κ1) is 12.3. The molecule has 3 rings (SSSR count). The number of hydrogen-bond acceptors (Lipinski definition) is 3. The van der Waals surface area contributed by atoms with Crippen LogP contribution in [0.4, 0.5) is 4.39 Å². The highest BCUT2D eigenvalue weighted by atomic mass is 32.1. The van der Waals surface area contributed by atoms with Gasteiger partial charge in [-0.1, -0.05) is 6.07 Å². The van der Waals surface area contributed by atoms with Gasteiger partial charge in [0.2, 0.25) is 0 Å². The molecule has 0 spiro atoms. The molecule has 2 aromatic heterocycles. The van der Waals surface area contributed by atoms with Crippen LogP contribution >= 0.6 is 11.3 Å². The van der Waals surface area contributed by atoms with E-state index in [2.05, 4.69) is 4.98 Å². The summed E-state index contributed by atoms with van der Waals surface area (Å²) < 4.78 is 14.2. The number of nitrogens with two attached hydrogens (primary N) is 1. The van der Waals surface area contributed by atoms with E-state index in [1.807, 2.05) is 24.4 Å². The van der Waals surface area contributed by atoms with Crippen molar-refractivity contribution in [2.75, 3.05) is 0 Å². The summed E-state index contributed by atoms with van der Waals surface area (Å²) in [6.45, 7) is 0. The van der Waals surface area contributed by atoms with Gasteiger partial charge in [0.1, 0.15) is 5.82 Å². The van der Waals surface area contributed by atoms with E-state index in [0.29, 0.717) is 0 Å². The molecule has 0 aliphatic carbocycles. The molecule has 1 unspecified atom stereocenters. The fourth-order valence-corrected chi connectivity index (χ4v) is 3.14. The Balaban J connectivity index is 1.87. The van der Waals surface area contributed by atoms with Gasteiger partial charge in [0.15, 0.2) is 0 Å². The summed E-state index contributed by atoms with van der Waals surface area (Å²) in [6.07, 6.45) is 4.31. The lowest BCUT2D eigenvalue weighted by atomic mass is 10.1. The van der Waals surface area contributed by atoms with E-state index >= 15 is 0 Å². The summed E-state index contributed by atoms with van der Waals surface area (Å²) in [5, 5.41) is 0.918. The van der Waals surface area contributed by atoms with Crippen LogP contribution in [0, 0.1) is 5.82 Å². The van der Waals surface area contributed by atoms with Gasteiger partial charge in [-0.15, -0.1) is 11.3 Å². The number of rotatable bonds is 3. The Kier molecular flexibility index (Phi) is 3.27. The molecule has 2 nitrogen and oxygen atoms in total. The molecule has 96 valence electrons. The van der Waals surface area contributed by atoms with Gasteiger partial charge >= 0.3 is 0 Å². The normalized spacial score (nSPS) is 12.7. The zero-order valence-electron chi connectivity index (χ0n) is 10.2. The third-order valence-electron chi connectivity index (χ3n) is 3.04. The quantitative estimate of drug-likeness (QED) is 0.790. The molecule has 19 heavy (non-hydrogen) atoms. The first-order valence-electron chi connectivity index (χ1n) is 6.06. The lowest BCUT2D eigenvalue weighted by molar-refractivity contribution is 0.630. The monoisotopic (exact) mass is 272 g/mol. The predicted octanol–water partition coefficient (Wildman–Crippen LogP) is 3.68. The molecule has 0 radical (unpaired) electrons. The largest absolute Gasteiger partial charge is 0.323 e. The lowest BCUT2D eigenvalue weighted by Gasteiger charge is -2.08. The van der Waals surface area contributed by atoms with Crippen molar-refractivity contribution in [1.29, 1.82) is 0 Å².